The van der Waals surface area contributed by atoms with Gasteiger partial charge in [-0.25, -0.2) is 20.0 Å². The van der Waals surface area contributed by atoms with E-state index in [9.17, 15) is 39.6 Å². The average Bonchev–Trinajstić information content (AvgIpc) is 3.66. The van der Waals surface area contributed by atoms with Crippen LogP contribution in [-0.4, -0.2) is 67.2 Å². The SMILES string of the molecule is CC1=C(CCC(=O)O)C2=CC3=NC(=CC4=NC(=CC5=NC(=CC1=N2)C(C)=C5CCC(=O)O)C(C)=C4CCC(=O)O)C(C)=C3CCC(=O)O. The number of aliphatic imine (C=N–C) groups is 4. The topological polar surface area (TPSA) is 199 Å². The normalized spacial score (nSPS) is 18.8. The molecule has 0 amide bonds. The van der Waals surface area contributed by atoms with E-state index in [2.05, 4.69) is 0 Å². The van der Waals surface area contributed by atoms with Crippen molar-refractivity contribution in [3.63, 3.8) is 0 Å². The maximum absolute atomic E-state index is 11.6. The molecule has 0 saturated heterocycles. The zero-order valence-electron chi connectivity index (χ0n) is 27.2. The van der Waals surface area contributed by atoms with Gasteiger partial charge in [-0.2, -0.15) is 0 Å². The Balaban J connectivity index is 1.77. The molecular weight excluding hydrogens is 616 g/mol. The van der Waals surface area contributed by atoms with Gasteiger partial charge < -0.3 is 20.4 Å². The van der Waals surface area contributed by atoms with Gasteiger partial charge >= 0.3 is 23.9 Å². The molecule has 5 aliphatic rings. The molecule has 12 heteroatoms. The van der Waals surface area contributed by atoms with Gasteiger partial charge in [-0.3, -0.25) is 19.2 Å². The molecule has 5 aliphatic heterocycles. The largest absolute Gasteiger partial charge is 0.481 e. The van der Waals surface area contributed by atoms with Crippen LogP contribution < -0.4 is 0 Å². The van der Waals surface area contributed by atoms with Crippen LogP contribution in [0.5, 0.6) is 0 Å². The van der Waals surface area contributed by atoms with Crippen molar-refractivity contribution in [3.8, 4) is 0 Å². The highest BCUT2D eigenvalue weighted by molar-refractivity contribution is 6.20. The van der Waals surface area contributed by atoms with Crippen LogP contribution in [0, 0.1) is 0 Å². The van der Waals surface area contributed by atoms with Gasteiger partial charge in [-0.1, -0.05) is 0 Å². The number of carboxylic acid groups (broad SMARTS) is 4. The predicted molar refractivity (Wildman–Crippen MR) is 180 cm³/mol. The number of fused-ring (bicyclic) bond motifs is 4. The van der Waals surface area contributed by atoms with Crippen LogP contribution in [0.15, 0.2) is 112 Å². The molecule has 0 aliphatic carbocycles. The molecule has 4 N–H and O–H groups in total. The van der Waals surface area contributed by atoms with E-state index in [1.165, 1.54) is 0 Å². The molecule has 0 aromatic rings. The Kier molecular flexibility index (Phi) is 9.64. The van der Waals surface area contributed by atoms with Crippen LogP contribution in [-0.2, 0) is 19.2 Å². The number of carbonyl (C=O) groups is 4. The third kappa shape index (κ3) is 7.07. The summed E-state index contributed by atoms with van der Waals surface area (Å²) in [4.78, 5) is 65.9. The van der Waals surface area contributed by atoms with E-state index in [4.69, 9.17) is 20.0 Å². The Morgan fingerprint density at radius 1 is 0.417 bits per heavy atom. The fourth-order valence-corrected chi connectivity index (χ4v) is 6.26. The summed E-state index contributed by atoms with van der Waals surface area (Å²) in [5, 5.41) is 37.9. The van der Waals surface area contributed by atoms with Crippen molar-refractivity contribution in [1.29, 1.82) is 0 Å². The van der Waals surface area contributed by atoms with E-state index in [-0.39, 0.29) is 51.4 Å². The van der Waals surface area contributed by atoms with Crippen molar-refractivity contribution in [2.75, 3.05) is 0 Å². The highest BCUT2D eigenvalue weighted by Crippen LogP contribution is 2.38. The smallest absolute Gasteiger partial charge is 0.303 e. The van der Waals surface area contributed by atoms with Crippen molar-refractivity contribution in [3.05, 3.63) is 91.7 Å². The molecule has 0 saturated carbocycles. The lowest BCUT2D eigenvalue weighted by Crippen LogP contribution is -2.04. The summed E-state index contributed by atoms with van der Waals surface area (Å²) in [6.07, 6.45) is 7.51. The Morgan fingerprint density at radius 3 is 1.02 bits per heavy atom. The molecule has 5 rings (SSSR count). The zero-order chi connectivity index (χ0) is 34.9. The molecule has 8 bridgehead atoms. The van der Waals surface area contributed by atoms with Crippen molar-refractivity contribution < 1.29 is 39.6 Å². The van der Waals surface area contributed by atoms with Gasteiger partial charge in [0.05, 0.1) is 45.6 Å². The minimum Gasteiger partial charge on any atom is -0.481 e. The van der Waals surface area contributed by atoms with Gasteiger partial charge in [0.25, 0.3) is 0 Å². The summed E-state index contributed by atoms with van der Waals surface area (Å²) in [5.41, 5.74) is 10.3. The van der Waals surface area contributed by atoms with Crippen LogP contribution in [0.4, 0.5) is 0 Å². The van der Waals surface area contributed by atoms with E-state index >= 15 is 0 Å². The minimum absolute atomic E-state index is 0.108. The maximum Gasteiger partial charge on any atom is 0.303 e. The molecule has 0 atom stereocenters. The number of allylic oxidation sites excluding steroid dienone is 12. The second kappa shape index (κ2) is 13.7. The quantitative estimate of drug-likeness (QED) is 0.194. The zero-order valence-corrected chi connectivity index (χ0v) is 27.2. The summed E-state index contributed by atoms with van der Waals surface area (Å²) in [6.45, 7) is 7.44. The fraction of sp³-hybridized carbons (Fsp3) is 0.333. The molecule has 248 valence electrons. The molecule has 5 heterocycles. The van der Waals surface area contributed by atoms with Crippen molar-refractivity contribution in [1.82, 2.24) is 0 Å². The monoisotopic (exact) mass is 652 g/mol. The third-order valence-electron chi connectivity index (χ3n) is 9.00. The minimum atomic E-state index is -0.962. The van der Waals surface area contributed by atoms with Crippen molar-refractivity contribution in [2.24, 2.45) is 20.0 Å². The van der Waals surface area contributed by atoms with E-state index in [1.807, 2.05) is 33.8 Å². The van der Waals surface area contributed by atoms with E-state index in [0.29, 0.717) is 51.2 Å². The Bertz CT molecular complexity index is 1950. The first-order valence-corrected chi connectivity index (χ1v) is 15.6. The van der Waals surface area contributed by atoms with Gasteiger partial charge in [0.2, 0.25) is 0 Å². The highest BCUT2D eigenvalue weighted by Gasteiger charge is 2.29. The average molecular weight is 653 g/mol. The van der Waals surface area contributed by atoms with E-state index in [0.717, 1.165) is 39.0 Å². The molecule has 48 heavy (non-hydrogen) atoms. The lowest BCUT2D eigenvalue weighted by Gasteiger charge is -2.07. The molecule has 0 spiro atoms. The molecule has 0 unspecified atom stereocenters. The lowest BCUT2D eigenvalue weighted by atomic mass is 9.95. The second-order valence-corrected chi connectivity index (χ2v) is 12.1. The summed E-state index contributed by atoms with van der Waals surface area (Å²) in [5.74, 6) is -3.83. The standard InChI is InChI=1S/C36H36N4O8/c1-17-21(5-9-33(41)42)29-14-27-19(3)22(6-10-34(43)44)30(39-27)15-28-20(4)24(8-12-36(47)48)32(40-28)16-31-23(7-11-35(45)46)18(2)26(38-31)13-25(17)37-29/h13-16H,5-12H2,1-4H3,(H,41,42)(H,43,44)(H,45,46)(H,47,48). The molecule has 0 radical (unpaired) electrons. The second-order valence-electron chi connectivity index (χ2n) is 12.1. The number of hydrogen-bond acceptors (Lipinski definition) is 8. The summed E-state index contributed by atoms with van der Waals surface area (Å²) in [7, 11) is 0. The summed E-state index contributed by atoms with van der Waals surface area (Å²) in [6, 6.07) is 0. The lowest BCUT2D eigenvalue weighted by molar-refractivity contribution is -0.137. The first-order valence-electron chi connectivity index (χ1n) is 15.6. The van der Waals surface area contributed by atoms with E-state index < -0.39 is 23.9 Å². The molecule has 12 nitrogen and oxygen atoms in total. The first kappa shape index (κ1) is 33.8. The Hall–Kier alpha value is -5.52. The first-order chi connectivity index (χ1) is 22.7. The number of carboxylic acids is 4. The fourth-order valence-electron chi connectivity index (χ4n) is 6.26. The maximum atomic E-state index is 11.6. The number of rotatable bonds is 12. The molecular formula is C36H36N4O8. The van der Waals surface area contributed by atoms with Crippen LogP contribution in [0.2, 0.25) is 0 Å². The van der Waals surface area contributed by atoms with Gasteiger partial charge in [0.1, 0.15) is 0 Å². The number of hydrogen-bond donors (Lipinski definition) is 4. The summed E-state index contributed by atoms with van der Waals surface area (Å²) >= 11 is 0. The number of nitrogens with zero attached hydrogens (tertiary/aromatic N) is 4. The molecule has 0 aromatic carbocycles. The summed E-state index contributed by atoms with van der Waals surface area (Å²) < 4.78 is 0. The predicted octanol–water partition coefficient (Wildman–Crippen LogP) is 6.08. The van der Waals surface area contributed by atoms with E-state index in [1.54, 1.807) is 18.2 Å². The van der Waals surface area contributed by atoms with Gasteiger partial charge in [0.15, 0.2) is 0 Å². The van der Waals surface area contributed by atoms with Crippen LogP contribution in [0.3, 0.4) is 0 Å². The Labute approximate surface area is 276 Å². The van der Waals surface area contributed by atoms with Crippen LogP contribution in [0.1, 0.15) is 79.1 Å². The van der Waals surface area contributed by atoms with Crippen LogP contribution in [0.25, 0.3) is 0 Å². The van der Waals surface area contributed by atoms with Gasteiger partial charge in [-0.15, -0.1) is 0 Å². The Morgan fingerprint density at radius 2 is 0.688 bits per heavy atom. The molecule has 0 fully saturated rings. The van der Waals surface area contributed by atoms with Crippen LogP contribution >= 0.6 is 0 Å². The van der Waals surface area contributed by atoms with Crippen molar-refractivity contribution >= 4 is 46.7 Å². The third-order valence-corrected chi connectivity index (χ3v) is 9.00. The highest BCUT2D eigenvalue weighted by atomic mass is 16.4. The number of aliphatic carboxylic acids is 4. The van der Waals surface area contributed by atoms with Crippen molar-refractivity contribution in [2.45, 2.75) is 79.1 Å². The van der Waals surface area contributed by atoms with Gasteiger partial charge in [0, 0.05) is 25.7 Å². The molecule has 0 aromatic heterocycles. The van der Waals surface area contributed by atoms with Gasteiger partial charge in [-0.05, 0) is 122 Å².